The van der Waals surface area contributed by atoms with Crippen LogP contribution in [0.15, 0.2) is 35.4 Å². The van der Waals surface area contributed by atoms with Crippen molar-refractivity contribution in [3.8, 4) is 0 Å². The molecule has 0 unspecified atom stereocenters. The maximum Gasteiger partial charge on any atom is 0.246 e. The van der Waals surface area contributed by atoms with Gasteiger partial charge in [0, 0.05) is 19.3 Å². The van der Waals surface area contributed by atoms with Crippen molar-refractivity contribution in [3.63, 3.8) is 0 Å². The first-order valence-corrected chi connectivity index (χ1v) is 6.96. The van der Waals surface area contributed by atoms with E-state index in [2.05, 4.69) is 11.6 Å². The molecule has 1 aromatic heterocycles. The molecule has 0 aliphatic heterocycles. The van der Waals surface area contributed by atoms with Crippen LogP contribution in [0.5, 0.6) is 0 Å². The van der Waals surface area contributed by atoms with Gasteiger partial charge in [-0.05, 0) is 19.1 Å². The summed E-state index contributed by atoms with van der Waals surface area (Å²) in [5, 5.41) is -0.00679. The van der Waals surface area contributed by atoms with Crippen LogP contribution in [0.4, 0.5) is 0 Å². The van der Waals surface area contributed by atoms with E-state index in [1.165, 1.54) is 16.6 Å². The molecule has 0 aliphatic rings. The number of hydrogen-bond acceptors (Lipinski definition) is 3. The molecule has 0 fully saturated rings. The van der Waals surface area contributed by atoms with Crippen molar-refractivity contribution in [2.24, 2.45) is 0 Å². The van der Waals surface area contributed by atoms with Gasteiger partial charge in [0.1, 0.15) is 10.0 Å². The number of hydrogen-bond donors (Lipinski definition) is 0. The van der Waals surface area contributed by atoms with E-state index in [0.29, 0.717) is 6.54 Å². The van der Waals surface area contributed by atoms with Crippen LogP contribution >= 0.6 is 11.6 Å². The van der Waals surface area contributed by atoms with Crippen LogP contribution in [-0.2, 0) is 10.0 Å². The Balaban J connectivity index is 3.18. The lowest BCUT2D eigenvalue weighted by atomic mass is 10.3. The number of pyridine rings is 1. The molecular formula is C11H15ClN2O2S. The molecule has 0 aromatic carbocycles. The first-order chi connectivity index (χ1) is 7.89. The smallest absolute Gasteiger partial charge is 0.243 e. The largest absolute Gasteiger partial charge is 0.246 e. The van der Waals surface area contributed by atoms with Gasteiger partial charge < -0.3 is 0 Å². The molecule has 6 heteroatoms. The van der Waals surface area contributed by atoms with E-state index in [0.717, 1.165) is 5.57 Å². The Morgan fingerprint density at radius 1 is 1.59 bits per heavy atom. The molecule has 0 bridgehead atoms. The molecular weight excluding hydrogens is 260 g/mol. The second kappa shape index (κ2) is 5.62. The van der Waals surface area contributed by atoms with Gasteiger partial charge in [0.2, 0.25) is 10.0 Å². The average molecular weight is 275 g/mol. The predicted octanol–water partition coefficient (Wildman–Crippen LogP) is 2.32. The second-order valence-corrected chi connectivity index (χ2v) is 5.95. The van der Waals surface area contributed by atoms with Crippen molar-refractivity contribution in [2.45, 2.75) is 18.7 Å². The van der Waals surface area contributed by atoms with Gasteiger partial charge in [-0.15, -0.1) is 0 Å². The molecule has 0 amide bonds. The minimum atomic E-state index is -3.60. The highest BCUT2D eigenvalue weighted by atomic mass is 35.5. The molecule has 0 aliphatic carbocycles. The number of likely N-dealkylation sites (N-methyl/N-ethyl adjacent to an activating group) is 1. The summed E-state index contributed by atoms with van der Waals surface area (Å²) in [5.74, 6) is 0. The van der Waals surface area contributed by atoms with Gasteiger partial charge >= 0.3 is 0 Å². The van der Waals surface area contributed by atoms with Gasteiger partial charge in [-0.2, -0.15) is 4.31 Å². The summed E-state index contributed by atoms with van der Waals surface area (Å²) in [5.41, 5.74) is 0.774. The Morgan fingerprint density at radius 3 is 2.71 bits per heavy atom. The monoisotopic (exact) mass is 274 g/mol. The van der Waals surface area contributed by atoms with Gasteiger partial charge in [-0.3, -0.25) is 0 Å². The molecule has 0 atom stereocenters. The van der Waals surface area contributed by atoms with Gasteiger partial charge in [0.15, 0.2) is 0 Å². The highest BCUT2D eigenvalue weighted by molar-refractivity contribution is 7.89. The Labute approximate surface area is 107 Å². The normalized spacial score (nSPS) is 11.8. The second-order valence-electron chi connectivity index (χ2n) is 3.68. The number of rotatable bonds is 5. The van der Waals surface area contributed by atoms with E-state index in [-0.39, 0.29) is 16.6 Å². The molecule has 1 rings (SSSR count). The average Bonchev–Trinajstić information content (AvgIpc) is 2.25. The summed E-state index contributed by atoms with van der Waals surface area (Å²) < 4.78 is 25.9. The van der Waals surface area contributed by atoms with Crippen LogP contribution < -0.4 is 0 Å². The van der Waals surface area contributed by atoms with E-state index in [1.807, 2.05) is 0 Å². The maximum absolute atomic E-state index is 12.3. The molecule has 0 saturated heterocycles. The Kier molecular flexibility index (Phi) is 4.68. The van der Waals surface area contributed by atoms with Crippen molar-refractivity contribution in [1.82, 2.24) is 9.29 Å². The Hall–Kier alpha value is -0.910. The van der Waals surface area contributed by atoms with Gasteiger partial charge in [-0.1, -0.05) is 30.7 Å². The molecule has 1 heterocycles. The molecule has 1 aromatic rings. The molecule has 0 radical (unpaired) electrons. The third kappa shape index (κ3) is 3.28. The lowest BCUT2D eigenvalue weighted by molar-refractivity contribution is 0.452. The first kappa shape index (κ1) is 14.2. The van der Waals surface area contributed by atoms with Crippen LogP contribution in [0.2, 0.25) is 5.15 Å². The molecule has 4 nitrogen and oxygen atoms in total. The third-order valence-corrected chi connectivity index (χ3v) is 4.51. The van der Waals surface area contributed by atoms with Crippen molar-refractivity contribution in [1.29, 1.82) is 0 Å². The summed E-state index contributed by atoms with van der Waals surface area (Å²) in [7, 11) is -3.60. The topological polar surface area (TPSA) is 50.3 Å². The van der Waals surface area contributed by atoms with Crippen molar-refractivity contribution in [2.75, 3.05) is 13.1 Å². The highest BCUT2D eigenvalue weighted by Gasteiger charge is 2.25. The minimum Gasteiger partial charge on any atom is -0.243 e. The maximum atomic E-state index is 12.3. The van der Waals surface area contributed by atoms with Gasteiger partial charge in [-0.25, -0.2) is 13.4 Å². The number of nitrogens with zero attached hydrogens (tertiary/aromatic N) is 2. The van der Waals surface area contributed by atoms with Crippen LogP contribution in [0.1, 0.15) is 13.8 Å². The minimum absolute atomic E-state index is 0.00679. The zero-order chi connectivity index (χ0) is 13.1. The third-order valence-electron chi connectivity index (χ3n) is 2.14. The van der Waals surface area contributed by atoms with E-state index in [1.54, 1.807) is 19.9 Å². The summed E-state index contributed by atoms with van der Waals surface area (Å²) >= 11 is 5.81. The van der Waals surface area contributed by atoms with E-state index < -0.39 is 10.0 Å². The summed E-state index contributed by atoms with van der Waals surface area (Å²) in [6.07, 6.45) is 1.45. The molecule has 17 heavy (non-hydrogen) atoms. The quantitative estimate of drug-likeness (QED) is 0.612. The fourth-order valence-corrected chi connectivity index (χ4v) is 3.31. The number of halogens is 1. The number of aromatic nitrogens is 1. The number of sulfonamides is 1. The predicted molar refractivity (Wildman–Crippen MR) is 68.5 cm³/mol. The summed E-state index contributed by atoms with van der Waals surface area (Å²) in [6.45, 7) is 7.91. The van der Waals surface area contributed by atoms with Gasteiger partial charge in [0.05, 0.1) is 0 Å². The Bertz CT molecular complexity index is 514. The van der Waals surface area contributed by atoms with Crippen LogP contribution in [0.3, 0.4) is 0 Å². The standard InChI is InChI=1S/C11H15ClN2O2S/c1-4-14(8-9(2)3)17(15,16)10-6-5-7-13-11(10)12/h5-7H,2,4,8H2,1,3H3. The van der Waals surface area contributed by atoms with Crippen molar-refractivity contribution < 1.29 is 8.42 Å². The fourth-order valence-electron chi connectivity index (χ4n) is 1.37. The zero-order valence-electron chi connectivity index (χ0n) is 9.85. The van der Waals surface area contributed by atoms with E-state index >= 15 is 0 Å². The Morgan fingerprint density at radius 2 is 2.24 bits per heavy atom. The molecule has 0 N–H and O–H groups in total. The van der Waals surface area contributed by atoms with Crippen LogP contribution in [0.25, 0.3) is 0 Å². The van der Waals surface area contributed by atoms with Crippen molar-refractivity contribution >= 4 is 21.6 Å². The van der Waals surface area contributed by atoms with Crippen molar-refractivity contribution in [3.05, 3.63) is 35.6 Å². The summed E-state index contributed by atoms with van der Waals surface area (Å²) in [4.78, 5) is 3.81. The zero-order valence-corrected chi connectivity index (χ0v) is 11.4. The van der Waals surface area contributed by atoms with Gasteiger partial charge in [0.25, 0.3) is 0 Å². The molecule has 94 valence electrons. The highest BCUT2D eigenvalue weighted by Crippen LogP contribution is 2.22. The first-order valence-electron chi connectivity index (χ1n) is 5.14. The SMILES string of the molecule is C=C(C)CN(CC)S(=O)(=O)c1cccnc1Cl. The van der Waals surface area contributed by atoms with E-state index in [4.69, 9.17) is 11.6 Å². The summed E-state index contributed by atoms with van der Waals surface area (Å²) in [6, 6.07) is 3.00. The van der Waals surface area contributed by atoms with Crippen LogP contribution in [-0.4, -0.2) is 30.8 Å². The lowest BCUT2D eigenvalue weighted by Crippen LogP contribution is -2.32. The molecule has 0 spiro atoms. The lowest BCUT2D eigenvalue weighted by Gasteiger charge is -2.20. The van der Waals surface area contributed by atoms with Crippen LogP contribution in [0, 0.1) is 0 Å². The fraction of sp³-hybridized carbons (Fsp3) is 0.364. The molecule has 0 saturated carbocycles. The van der Waals surface area contributed by atoms with E-state index in [9.17, 15) is 8.42 Å².